The molecule has 1 saturated heterocycles. The first kappa shape index (κ1) is 15.9. The van der Waals surface area contributed by atoms with Crippen LogP contribution in [-0.2, 0) is 4.74 Å². The predicted molar refractivity (Wildman–Crippen MR) is 85.9 cm³/mol. The van der Waals surface area contributed by atoms with Crippen molar-refractivity contribution in [3.63, 3.8) is 0 Å². The van der Waals surface area contributed by atoms with Crippen molar-refractivity contribution in [3.8, 4) is 5.75 Å². The second-order valence-electron chi connectivity index (χ2n) is 6.08. The highest BCUT2D eigenvalue weighted by Crippen LogP contribution is 2.28. The number of hydrogen-bond acceptors (Lipinski definition) is 4. The van der Waals surface area contributed by atoms with E-state index in [1.54, 1.807) is 12.0 Å². The van der Waals surface area contributed by atoms with Crippen LogP contribution in [0.4, 0.5) is 10.5 Å². The standard InChI is InChI=1S/C15H21BrN2O3/c1-15(2,3)21-14(19)18-8-11(9-18)17-10-5-6-13(20-4)12(16)7-10/h5-7,11,17H,8-9H2,1-4H3. The lowest BCUT2D eigenvalue weighted by molar-refractivity contribution is 0.0105. The van der Waals surface area contributed by atoms with E-state index in [1.165, 1.54) is 0 Å². The number of carbonyl (C=O) groups is 1. The van der Waals surface area contributed by atoms with E-state index in [9.17, 15) is 4.79 Å². The third-order valence-corrected chi connectivity index (χ3v) is 3.68. The molecule has 1 aromatic carbocycles. The molecule has 2 rings (SSSR count). The normalized spacial score (nSPS) is 15.4. The summed E-state index contributed by atoms with van der Waals surface area (Å²) in [4.78, 5) is 13.5. The lowest BCUT2D eigenvalue weighted by Crippen LogP contribution is -2.57. The van der Waals surface area contributed by atoms with Gasteiger partial charge in [-0.3, -0.25) is 0 Å². The molecule has 1 aliphatic rings. The summed E-state index contributed by atoms with van der Waals surface area (Å²) in [5.41, 5.74) is 0.549. The Morgan fingerprint density at radius 1 is 1.38 bits per heavy atom. The van der Waals surface area contributed by atoms with Gasteiger partial charge in [0.25, 0.3) is 0 Å². The number of ether oxygens (including phenoxy) is 2. The van der Waals surface area contributed by atoms with Gasteiger partial charge in [0.15, 0.2) is 0 Å². The quantitative estimate of drug-likeness (QED) is 0.900. The molecule has 1 aliphatic heterocycles. The van der Waals surface area contributed by atoms with E-state index in [0.29, 0.717) is 13.1 Å². The number of likely N-dealkylation sites (tertiary alicyclic amines) is 1. The number of rotatable bonds is 3. The Morgan fingerprint density at radius 2 is 2.05 bits per heavy atom. The van der Waals surface area contributed by atoms with Crippen molar-refractivity contribution < 1.29 is 14.3 Å². The zero-order valence-corrected chi connectivity index (χ0v) is 14.4. The van der Waals surface area contributed by atoms with Gasteiger partial charge in [0.05, 0.1) is 17.6 Å². The third kappa shape index (κ3) is 4.27. The number of methoxy groups -OCH3 is 1. The van der Waals surface area contributed by atoms with Gasteiger partial charge in [-0.25, -0.2) is 4.79 Å². The summed E-state index contributed by atoms with van der Waals surface area (Å²) in [7, 11) is 1.64. The third-order valence-electron chi connectivity index (χ3n) is 3.06. The molecular formula is C15H21BrN2O3. The Morgan fingerprint density at radius 3 is 2.57 bits per heavy atom. The number of nitrogens with zero attached hydrogens (tertiary/aromatic N) is 1. The summed E-state index contributed by atoms with van der Waals surface area (Å²) >= 11 is 3.46. The van der Waals surface area contributed by atoms with Gasteiger partial charge < -0.3 is 19.7 Å². The van der Waals surface area contributed by atoms with Crippen LogP contribution in [0.5, 0.6) is 5.75 Å². The number of carbonyl (C=O) groups excluding carboxylic acids is 1. The maximum Gasteiger partial charge on any atom is 0.410 e. The molecule has 0 saturated carbocycles. The first-order valence-electron chi connectivity index (χ1n) is 6.86. The van der Waals surface area contributed by atoms with Gasteiger partial charge in [0, 0.05) is 18.8 Å². The van der Waals surface area contributed by atoms with Gasteiger partial charge in [0.2, 0.25) is 0 Å². The Balaban J connectivity index is 1.83. The predicted octanol–water partition coefficient (Wildman–Crippen LogP) is 3.49. The van der Waals surface area contributed by atoms with Crippen LogP contribution in [0.3, 0.4) is 0 Å². The zero-order chi connectivity index (χ0) is 15.6. The lowest BCUT2D eigenvalue weighted by Gasteiger charge is -2.40. The van der Waals surface area contributed by atoms with Crippen LogP contribution in [0.2, 0.25) is 0 Å². The first-order chi connectivity index (χ1) is 9.78. The number of amides is 1. The maximum absolute atomic E-state index is 11.8. The summed E-state index contributed by atoms with van der Waals surface area (Å²) in [5.74, 6) is 0.796. The van der Waals surface area contributed by atoms with Gasteiger partial charge >= 0.3 is 6.09 Å². The number of anilines is 1. The molecule has 0 radical (unpaired) electrons. The Hall–Kier alpha value is -1.43. The van der Waals surface area contributed by atoms with Gasteiger partial charge in [0.1, 0.15) is 11.4 Å². The first-order valence-corrected chi connectivity index (χ1v) is 7.66. The molecule has 6 heteroatoms. The van der Waals surface area contributed by atoms with Crippen molar-refractivity contribution >= 4 is 27.7 Å². The average molecular weight is 357 g/mol. The van der Waals surface area contributed by atoms with Gasteiger partial charge in [-0.1, -0.05) is 0 Å². The van der Waals surface area contributed by atoms with Crippen LogP contribution in [0.1, 0.15) is 20.8 Å². The monoisotopic (exact) mass is 356 g/mol. The largest absolute Gasteiger partial charge is 0.496 e. The smallest absolute Gasteiger partial charge is 0.410 e. The Kier molecular flexibility index (Phi) is 4.66. The maximum atomic E-state index is 11.8. The molecule has 21 heavy (non-hydrogen) atoms. The van der Waals surface area contributed by atoms with Gasteiger partial charge in [-0.2, -0.15) is 0 Å². The van der Waals surface area contributed by atoms with E-state index in [4.69, 9.17) is 9.47 Å². The van der Waals surface area contributed by atoms with Crippen molar-refractivity contribution in [2.75, 3.05) is 25.5 Å². The number of nitrogens with one attached hydrogen (secondary N) is 1. The summed E-state index contributed by atoms with van der Waals surface area (Å²) in [6, 6.07) is 6.07. The van der Waals surface area contributed by atoms with Crippen molar-refractivity contribution in [1.82, 2.24) is 4.90 Å². The molecule has 1 aromatic rings. The summed E-state index contributed by atoms with van der Waals surface area (Å²) in [6.45, 7) is 6.91. The fourth-order valence-corrected chi connectivity index (χ4v) is 2.58. The molecule has 116 valence electrons. The molecule has 1 fully saturated rings. The van der Waals surface area contributed by atoms with E-state index < -0.39 is 5.60 Å². The van der Waals surface area contributed by atoms with Crippen molar-refractivity contribution in [2.45, 2.75) is 32.4 Å². The molecule has 0 bridgehead atoms. The van der Waals surface area contributed by atoms with E-state index >= 15 is 0 Å². The van der Waals surface area contributed by atoms with Gasteiger partial charge in [-0.05, 0) is 54.9 Å². The second kappa shape index (κ2) is 6.13. The van der Waals surface area contributed by atoms with Crippen LogP contribution in [0, 0.1) is 0 Å². The molecule has 5 nitrogen and oxygen atoms in total. The molecule has 0 aliphatic carbocycles. The minimum atomic E-state index is -0.448. The molecule has 1 N–H and O–H groups in total. The Labute approximate surface area is 133 Å². The average Bonchev–Trinajstić information content (AvgIpc) is 2.31. The molecule has 0 unspecified atom stereocenters. The van der Waals surface area contributed by atoms with Crippen molar-refractivity contribution in [1.29, 1.82) is 0 Å². The molecule has 0 atom stereocenters. The topological polar surface area (TPSA) is 50.8 Å². The van der Waals surface area contributed by atoms with Crippen molar-refractivity contribution in [2.24, 2.45) is 0 Å². The van der Waals surface area contributed by atoms with E-state index in [-0.39, 0.29) is 12.1 Å². The van der Waals surface area contributed by atoms with Crippen LogP contribution in [-0.4, -0.2) is 42.8 Å². The van der Waals surface area contributed by atoms with Crippen LogP contribution in [0.25, 0.3) is 0 Å². The Bertz CT molecular complexity index is 522. The number of benzene rings is 1. The lowest BCUT2D eigenvalue weighted by atomic mass is 10.1. The fourth-order valence-electron chi connectivity index (χ4n) is 2.04. The number of hydrogen-bond donors (Lipinski definition) is 1. The zero-order valence-electron chi connectivity index (χ0n) is 12.8. The minimum Gasteiger partial charge on any atom is -0.496 e. The second-order valence-corrected chi connectivity index (χ2v) is 6.93. The number of halogens is 1. The van der Waals surface area contributed by atoms with Crippen LogP contribution < -0.4 is 10.1 Å². The highest BCUT2D eigenvalue weighted by Gasteiger charge is 2.33. The summed E-state index contributed by atoms with van der Waals surface area (Å²) in [5, 5.41) is 3.38. The van der Waals surface area contributed by atoms with E-state index in [1.807, 2.05) is 39.0 Å². The molecule has 1 heterocycles. The minimum absolute atomic E-state index is 0.248. The molecule has 1 amide bonds. The van der Waals surface area contributed by atoms with E-state index in [0.717, 1.165) is 15.9 Å². The summed E-state index contributed by atoms with van der Waals surface area (Å²) < 4.78 is 11.4. The SMILES string of the molecule is COc1ccc(NC2CN(C(=O)OC(C)(C)C)C2)cc1Br. The fraction of sp³-hybridized carbons (Fsp3) is 0.533. The molecular weight excluding hydrogens is 336 g/mol. The highest BCUT2D eigenvalue weighted by molar-refractivity contribution is 9.10. The van der Waals surface area contributed by atoms with Crippen LogP contribution >= 0.6 is 15.9 Å². The van der Waals surface area contributed by atoms with Crippen molar-refractivity contribution in [3.05, 3.63) is 22.7 Å². The molecule has 0 spiro atoms. The summed E-state index contributed by atoms with van der Waals surface area (Å²) in [6.07, 6.45) is -0.253. The van der Waals surface area contributed by atoms with E-state index in [2.05, 4.69) is 21.2 Å². The van der Waals surface area contributed by atoms with Gasteiger partial charge in [-0.15, -0.1) is 0 Å². The van der Waals surface area contributed by atoms with Crippen LogP contribution in [0.15, 0.2) is 22.7 Å². The highest BCUT2D eigenvalue weighted by atomic mass is 79.9. The molecule has 0 aromatic heterocycles.